The predicted molar refractivity (Wildman–Crippen MR) is 120 cm³/mol. The average molecular weight is 438 g/mol. The van der Waals surface area contributed by atoms with Gasteiger partial charge in [0.15, 0.2) is 11.5 Å². The van der Waals surface area contributed by atoms with Crippen LogP contribution in [0.15, 0.2) is 71.8 Å². The van der Waals surface area contributed by atoms with Crippen molar-refractivity contribution in [1.82, 2.24) is 5.43 Å². The van der Waals surface area contributed by atoms with Gasteiger partial charge in [-0.1, -0.05) is 29.8 Å². The first kappa shape index (κ1) is 21.9. The molecule has 3 aromatic rings. The van der Waals surface area contributed by atoms with Crippen LogP contribution in [0.5, 0.6) is 11.5 Å². The molecule has 0 saturated heterocycles. The Hall–Kier alpha value is -3.84. The van der Waals surface area contributed by atoms with E-state index in [0.717, 1.165) is 5.56 Å². The molecule has 0 aromatic heterocycles. The molecule has 0 heterocycles. The highest BCUT2D eigenvalue weighted by molar-refractivity contribution is 6.34. The number of ether oxygens (including phenoxy) is 2. The molecule has 0 fully saturated rings. The van der Waals surface area contributed by atoms with Crippen molar-refractivity contribution < 1.29 is 19.1 Å². The van der Waals surface area contributed by atoms with E-state index < -0.39 is 5.91 Å². The highest BCUT2D eigenvalue weighted by Crippen LogP contribution is 2.26. The van der Waals surface area contributed by atoms with Crippen molar-refractivity contribution in [2.45, 2.75) is 0 Å². The molecule has 31 heavy (non-hydrogen) atoms. The summed E-state index contributed by atoms with van der Waals surface area (Å²) in [7, 11) is 3.09. The normalized spacial score (nSPS) is 10.5. The topological polar surface area (TPSA) is 89.0 Å². The number of amides is 2. The van der Waals surface area contributed by atoms with Gasteiger partial charge in [-0.05, 0) is 54.1 Å². The summed E-state index contributed by atoms with van der Waals surface area (Å²) in [6.45, 7) is 0. The minimum Gasteiger partial charge on any atom is -0.493 e. The number of halogens is 1. The zero-order chi connectivity index (χ0) is 22.2. The van der Waals surface area contributed by atoms with E-state index in [-0.39, 0.29) is 5.91 Å². The molecule has 7 nitrogen and oxygen atoms in total. The van der Waals surface area contributed by atoms with Gasteiger partial charge in [-0.3, -0.25) is 9.59 Å². The molecule has 8 heteroatoms. The summed E-state index contributed by atoms with van der Waals surface area (Å²) < 4.78 is 10.4. The molecule has 3 aromatic carbocycles. The van der Waals surface area contributed by atoms with E-state index in [1.54, 1.807) is 73.8 Å². The maximum Gasteiger partial charge on any atom is 0.271 e. The number of carbonyl (C=O) groups is 2. The lowest BCUT2D eigenvalue weighted by molar-refractivity contribution is 0.0953. The van der Waals surface area contributed by atoms with E-state index in [1.807, 2.05) is 0 Å². The minimum absolute atomic E-state index is 0.335. The molecule has 0 aliphatic rings. The van der Waals surface area contributed by atoms with Crippen LogP contribution in [0.2, 0.25) is 5.02 Å². The largest absolute Gasteiger partial charge is 0.493 e. The summed E-state index contributed by atoms with van der Waals surface area (Å²) in [5.74, 6) is 0.360. The molecule has 0 aliphatic carbocycles. The van der Waals surface area contributed by atoms with Crippen molar-refractivity contribution in [2.75, 3.05) is 19.5 Å². The second-order valence-electron chi connectivity index (χ2n) is 6.33. The van der Waals surface area contributed by atoms with Gasteiger partial charge < -0.3 is 14.8 Å². The Bertz CT molecular complexity index is 1130. The smallest absolute Gasteiger partial charge is 0.271 e. The molecular weight excluding hydrogens is 418 g/mol. The van der Waals surface area contributed by atoms with Crippen LogP contribution in [0, 0.1) is 0 Å². The van der Waals surface area contributed by atoms with E-state index in [9.17, 15) is 9.59 Å². The molecule has 158 valence electrons. The van der Waals surface area contributed by atoms with Crippen molar-refractivity contribution in [1.29, 1.82) is 0 Å². The number of hydrogen-bond donors (Lipinski definition) is 2. The van der Waals surface area contributed by atoms with Gasteiger partial charge in [0.05, 0.1) is 31.0 Å². The fourth-order valence-corrected chi connectivity index (χ4v) is 2.97. The van der Waals surface area contributed by atoms with Gasteiger partial charge in [0.25, 0.3) is 11.8 Å². The highest BCUT2D eigenvalue weighted by atomic mass is 35.5. The van der Waals surface area contributed by atoms with Crippen molar-refractivity contribution in [3.8, 4) is 11.5 Å². The molecule has 0 unspecified atom stereocenters. The molecule has 3 rings (SSSR count). The summed E-state index contributed by atoms with van der Waals surface area (Å²) in [4.78, 5) is 24.8. The highest BCUT2D eigenvalue weighted by Gasteiger charge is 2.11. The van der Waals surface area contributed by atoms with Crippen molar-refractivity contribution >= 4 is 35.3 Å². The van der Waals surface area contributed by atoms with Crippen LogP contribution < -0.4 is 20.2 Å². The monoisotopic (exact) mass is 437 g/mol. The maximum atomic E-state index is 12.4. The standard InChI is InChI=1S/C23H20ClN3O4/c1-30-20-11-10-15(12-21(20)31-2)14-25-27-22(28)16-6-5-7-17(13-16)26-23(29)18-8-3-4-9-19(18)24/h3-14H,1-2H3,(H,26,29)(H,27,28)/b25-14-. The number of hydrogen-bond acceptors (Lipinski definition) is 5. The Labute approximate surface area is 184 Å². The Balaban J connectivity index is 1.65. The zero-order valence-corrected chi connectivity index (χ0v) is 17.6. The van der Waals surface area contributed by atoms with Gasteiger partial charge >= 0.3 is 0 Å². The van der Waals surface area contributed by atoms with Crippen LogP contribution in [0.25, 0.3) is 0 Å². The Morgan fingerprint density at radius 1 is 0.903 bits per heavy atom. The number of hydrazone groups is 1. The predicted octanol–water partition coefficient (Wildman–Crippen LogP) is 4.37. The SMILES string of the molecule is COc1ccc(/C=N\NC(=O)c2cccc(NC(=O)c3ccccc3Cl)c2)cc1OC. The summed E-state index contributed by atoms with van der Waals surface area (Å²) in [5.41, 5.74) is 4.32. The molecule has 2 amide bonds. The molecule has 0 saturated carbocycles. The number of carbonyl (C=O) groups excluding carboxylic acids is 2. The van der Waals surface area contributed by atoms with Crippen LogP contribution in [0.3, 0.4) is 0 Å². The molecule has 0 bridgehead atoms. The van der Waals surface area contributed by atoms with Crippen LogP contribution in [-0.2, 0) is 0 Å². The van der Waals surface area contributed by atoms with Gasteiger partial charge in [-0.2, -0.15) is 5.10 Å². The summed E-state index contributed by atoms with van der Waals surface area (Å²) in [5, 5.41) is 7.05. The van der Waals surface area contributed by atoms with Gasteiger partial charge in [-0.25, -0.2) is 5.43 Å². The first-order valence-electron chi connectivity index (χ1n) is 9.23. The molecule has 0 spiro atoms. The second kappa shape index (κ2) is 10.3. The Morgan fingerprint density at radius 2 is 1.68 bits per heavy atom. The van der Waals surface area contributed by atoms with Gasteiger partial charge in [0.2, 0.25) is 0 Å². The lowest BCUT2D eigenvalue weighted by Gasteiger charge is -2.08. The van der Waals surface area contributed by atoms with E-state index in [2.05, 4.69) is 15.8 Å². The third-order valence-corrected chi connectivity index (χ3v) is 4.62. The summed E-state index contributed by atoms with van der Waals surface area (Å²) in [6, 6.07) is 18.5. The van der Waals surface area contributed by atoms with E-state index >= 15 is 0 Å². The number of rotatable bonds is 7. The summed E-state index contributed by atoms with van der Waals surface area (Å²) in [6.07, 6.45) is 1.49. The number of methoxy groups -OCH3 is 2. The molecule has 0 atom stereocenters. The van der Waals surface area contributed by atoms with Crippen molar-refractivity contribution in [3.05, 3.63) is 88.4 Å². The number of nitrogens with zero attached hydrogens (tertiary/aromatic N) is 1. The number of anilines is 1. The average Bonchev–Trinajstić information content (AvgIpc) is 2.79. The van der Waals surface area contributed by atoms with E-state index in [0.29, 0.717) is 33.3 Å². The van der Waals surface area contributed by atoms with Crippen molar-refractivity contribution in [3.63, 3.8) is 0 Å². The minimum atomic E-state index is -0.425. The third-order valence-electron chi connectivity index (χ3n) is 4.29. The van der Waals surface area contributed by atoms with Gasteiger partial charge in [-0.15, -0.1) is 0 Å². The molecule has 0 radical (unpaired) electrons. The lowest BCUT2D eigenvalue weighted by atomic mass is 10.1. The van der Waals surface area contributed by atoms with E-state index in [1.165, 1.54) is 13.3 Å². The van der Waals surface area contributed by atoms with Gasteiger partial charge in [0, 0.05) is 11.3 Å². The Morgan fingerprint density at radius 3 is 2.42 bits per heavy atom. The zero-order valence-electron chi connectivity index (χ0n) is 16.9. The fourth-order valence-electron chi connectivity index (χ4n) is 2.75. The van der Waals surface area contributed by atoms with Crippen LogP contribution >= 0.6 is 11.6 Å². The van der Waals surface area contributed by atoms with Gasteiger partial charge in [0.1, 0.15) is 0 Å². The molecule has 2 N–H and O–H groups in total. The quantitative estimate of drug-likeness (QED) is 0.424. The first-order chi connectivity index (χ1) is 15.0. The second-order valence-corrected chi connectivity index (χ2v) is 6.74. The number of benzene rings is 3. The van der Waals surface area contributed by atoms with Crippen LogP contribution in [0.4, 0.5) is 5.69 Å². The third kappa shape index (κ3) is 5.61. The first-order valence-corrected chi connectivity index (χ1v) is 9.61. The maximum absolute atomic E-state index is 12.4. The molecular formula is C23H20ClN3O4. The van der Waals surface area contributed by atoms with Crippen molar-refractivity contribution in [2.24, 2.45) is 5.10 Å². The Kier molecular flexibility index (Phi) is 7.24. The molecule has 0 aliphatic heterocycles. The summed E-state index contributed by atoms with van der Waals surface area (Å²) >= 11 is 6.06. The van der Waals surface area contributed by atoms with Crippen LogP contribution in [0.1, 0.15) is 26.3 Å². The van der Waals surface area contributed by atoms with Crippen LogP contribution in [-0.4, -0.2) is 32.2 Å². The fraction of sp³-hybridized carbons (Fsp3) is 0.0870. The lowest BCUT2D eigenvalue weighted by Crippen LogP contribution is -2.18. The number of nitrogens with one attached hydrogen (secondary N) is 2. The van der Waals surface area contributed by atoms with E-state index in [4.69, 9.17) is 21.1 Å².